The molecule has 0 aromatic heterocycles. The predicted octanol–water partition coefficient (Wildman–Crippen LogP) is 15.2. The van der Waals surface area contributed by atoms with Gasteiger partial charge in [-0.3, -0.25) is 0 Å². The van der Waals surface area contributed by atoms with Crippen molar-refractivity contribution in [1.82, 2.24) is 0 Å². The number of ether oxygens (including phenoxy) is 4. The third-order valence-electron chi connectivity index (χ3n) is 11.7. The summed E-state index contributed by atoms with van der Waals surface area (Å²) in [5.74, 6) is 3.95. The van der Waals surface area contributed by atoms with Gasteiger partial charge in [0.2, 0.25) is 5.41 Å². The van der Waals surface area contributed by atoms with Crippen molar-refractivity contribution < 1.29 is 45.3 Å². The molecule has 0 saturated carbocycles. The van der Waals surface area contributed by atoms with Crippen LogP contribution in [0.25, 0.3) is 0 Å². The maximum absolute atomic E-state index is 14.4. The second-order valence-corrected chi connectivity index (χ2v) is 17.1. The summed E-state index contributed by atoms with van der Waals surface area (Å²) in [6, 6.07) is 47.1. The molecule has 0 radical (unpaired) electrons. The van der Waals surface area contributed by atoms with Gasteiger partial charge in [-0.15, -0.1) is 0 Å². The average Bonchev–Trinajstić information content (AvgIpc) is 3.31. The summed E-state index contributed by atoms with van der Waals surface area (Å²) >= 11 is 0. The van der Waals surface area contributed by atoms with E-state index in [0.29, 0.717) is 22.9 Å². The van der Waals surface area contributed by atoms with Crippen LogP contribution < -0.4 is 41.9 Å². The van der Waals surface area contributed by atoms with Crippen molar-refractivity contribution in [1.29, 1.82) is 0 Å². The summed E-state index contributed by atoms with van der Waals surface area (Å²) in [5.41, 5.74) is 23.2. The van der Waals surface area contributed by atoms with Gasteiger partial charge in [0.05, 0.1) is 0 Å². The standard InChI is InChI=1S/C29H30N2O2.C27H20F6N2O2/c1-19-17-21(5-15-27(19)32-25-11-7-23(30)8-12-25)29(3,4)22-6-16-28(20(2)18-22)33-26-13-9-24(31)10-14-26;28-26(29,30)25(27(31,32)33,17-1-9-21(10-2-17)36-23-13-5-19(34)6-14-23)18-3-11-22(12-4-18)37-24-15-7-20(35)8-16-24/h5-18H,30-31H2,1-4H3;1-16H,34-35H2. The lowest BCUT2D eigenvalue weighted by atomic mass is 9.73. The number of anilines is 4. The van der Waals surface area contributed by atoms with Crippen molar-refractivity contribution >= 4 is 22.7 Å². The molecule has 0 heterocycles. The van der Waals surface area contributed by atoms with Crippen molar-refractivity contribution in [2.24, 2.45) is 0 Å². The van der Waals surface area contributed by atoms with E-state index in [1.165, 1.54) is 35.4 Å². The number of benzene rings is 8. The van der Waals surface area contributed by atoms with E-state index in [1.54, 1.807) is 24.3 Å². The Kier molecular flexibility index (Phi) is 14.3. The molecule has 0 unspecified atom stereocenters. The highest BCUT2D eigenvalue weighted by atomic mass is 19.4. The molecule has 0 aliphatic heterocycles. The van der Waals surface area contributed by atoms with Gasteiger partial charge in [-0.2, -0.15) is 26.3 Å². The summed E-state index contributed by atoms with van der Waals surface area (Å²) < 4.78 is 110. The zero-order valence-corrected chi connectivity index (χ0v) is 38.5. The molecule has 8 nitrogen and oxygen atoms in total. The summed E-state index contributed by atoms with van der Waals surface area (Å²) in [4.78, 5) is 0. The third kappa shape index (κ3) is 11.2. The first-order valence-corrected chi connectivity index (χ1v) is 21.8. The molecule has 0 aliphatic rings. The Morgan fingerprint density at radius 2 is 0.543 bits per heavy atom. The van der Waals surface area contributed by atoms with E-state index < -0.39 is 28.9 Å². The molecule has 0 aliphatic carbocycles. The maximum atomic E-state index is 14.4. The Balaban J connectivity index is 0.000000208. The van der Waals surface area contributed by atoms with E-state index in [-0.39, 0.29) is 16.9 Å². The number of rotatable bonds is 12. The molecular formula is C56H50F6N4O4. The highest BCUT2D eigenvalue weighted by Gasteiger charge is 2.72. The van der Waals surface area contributed by atoms with E-state index >= 15 is 0 Å². The second kappa shape index (κ2) is 20.1. The molecule has 8 rings (SSSR count). The Hall–Kier alpha value is -8.26. The van der Waals surface area contributed by atoms with Crippen molar-refractivity contribution in [3.05, 3.63) is 215 Å². The summed E-state index contributed by atoms with van der Waals surface area (Å²) in [7, 11) is 0. The molecule has 70 heavy (non-hydrogen) atoms. The van der Waals surface area contributed by atoms with Crippen LogP contribution in [0.4, 0.5) is 49.1 Å². The second-order valence-electron chi connectivity index (χ2n) is 17.1. The van der Waals surface area contributed by atoms with Crippen LogP contribution in [0.5, 0.6) is 46.0 Å². The SMILES string of the molecule is Cc1cc(C(C)(C)c2ccc(Oc3ccc(N)cc3)c(C)c2)ccc1Oc1ccc(N)cc1.Nc1ccc(Oc2ccc(C(c3ccc(Oc4ccc(N)cc4)cc3)(C(F)(F)F)C(F)(F)F)cc2)cc1. The van der Waals surface area contributed by atoms with Crippen LogP contribution in [0.15, 0.2) is 182 Å². The number of aryl methyl sites for hydroxylation is 2. The lowest BCUT2D eigenvalue weighted by molar-refractivity contribution is -0.288. The fourth-order valence-electron chi connectivity index (χ4n) is 7.67. The average molecular weight is 957 g/mol. The number of nitrogen functional groups attached to an aromatic ring is 4. The van der Waals surface area contributed by atoms with Gasteiger partial charge in [-0.1, -0.05) is 62.4 Å². The molecule has 0 saturated heterocycles. The van der Waals surface area contributed by atoms with Gasteiger partial charge < -0.3 is 41.9 Å². The fourth-order valence-corrected chi connectivity index (χ4v) is 7.67. The fraction of sp³-hybridized carbons (Fsp3) is 0.143. The predicted molar refractivity (Wildman–Crippen MR) is 264 cm³/mol. The topological polar surface area (TPSA) is 141 Å². The van der Waals surface area contributed by atoms with E-state index in [4.69, 9.17) is 41.9 Å². The van der Waals surface area contributed by atoms with Gasteiger partial charge in [-0.25, -0.2) is 0 Å². The Bertz CT molecular complexity index is 2810. The Morgan fingerprint density at radius 1 is 0.314 bits per heavy atom. The zero-order chi connectivity index (χ0) is 50.4. The van der Waals surface area contributed by atoms with E-state index in [0.717, 1.165) is 94.0 Å². The molecule has 360 valence electrons. The number of hydrogen-bond donors (Lipinski definition) is 4. The first-order valence-electron chi connectivity index (χ1n) is 21.8. The van der Waals surface area contributed by atoms with Crippen molar-refractivity contribution in [3.8, 4) is 46.0 Å². The minimum absolute atomic E-state index is 0.0546. The highest BCUT2D eigenvalue weighted by Crippen LogP contribution is 2.56. The number of nitrogens with two attached hydrogens (primary N) is 4. The monoisotopic (exact) mass is 956 g/mol. The molecule has 0 amide bonds. The van der Waals surface area contributed by atoms with Crippen molar-refractivity contribution in [2.75, 3.05) is 22.9 Å². The molecule has 0 fully saturated rings. The van der Waals surface area contributed by atoms with Gasteiger partial charge in [-0.05, 0) is 181 Å². The van der Waals surface area contributed by atoms with Crippen LogP contribution in [0.1, 0.15) is 47.2 Å². The Labute approximate surface area is 402 Å². The van der Waals surface area contributed by atoms with Gasteiger partial charge >= 0.3 is 12.4 Å². The smallest absolute Gasteiger partial charge is 0.411 e. The number of halogens is 6. The van der Waals surface area contributed by atoms with Crippen LogP contribution in [0, 0.1) is 13.8 Å². The third-order valence-corrected chi connectivity index (χ3v) is 11.7. The largest absolute Gasteiger partial charge is 0.457 e. The van der Waals surface area contributed by atoms with E-state index in [2.05, 4.69) is 52.0 Å². The van der Waals surface area contributed by atoms with Crippen LogP contribution >= 0.6 is 0 Å². The molecule has 8 N–H and O–H groups in total. The quantitative estimate of drug-likeness (QED) is 0.0701. The minimum Gasteiger partial charge on any atom is -0.457 e. The molecular weight excluding hydrogens is 907 g/mol. The number of hydrogen-bond acceptors (Lipinski definition) is 8. The van der Waals surface area contributed by atoms with Crippen LogP contribution in [0.2, 0.25) is 0 Å². The van der Waals surface area contributed by atoms with Crippen LogP contribution in [0.3, 0.4) is 0 Å². The number of alkyl halides is 6. The van der Waals surface area contributed by atoms with Crippen molar-refractivity contribution in [2.45, 2.75) is 50.9 Å². The lowest BCUT2D eigenvalue weighted by Crippen LogP contribution is -2.54. The minimum atomic E-state index is -5.72. The maximum Gasteiger partial charge on any atom is 0.411 e. The first-order chi connectivity index (χ1) is 33.1. The van der Waals surface area contributed by atoms with Gasteiger partial charge in [0.15, 0.2) is 0 Å². The van der Waals surface area contributed by atoms with Gasteiger partial charge in [0.1, 0.15) is 46.0 Å². The van der Waals surface area contributed by atoms with Crippen LogP contribution in [-0.4, -0.2) is 12.4 Å². The van der Waals surface area contributed by atoms with E-state index in [1.807, 2.05) is 60.7 Å². The van der Waals surface area contributed by atoms with Crippen molar-refractivity contribution in [3.63, 3.8) is 0 Å². The normalized spacial score (nSPS) is 11.8. The van der Waals surface area contributed by atoms with Gasteiger partial charge in [0, 0.05) is 28.2 Å². The highest BCUT2D eigenvalue weighted by molar-refractivity contribution is 5.52. The molecule has 0 atom stereocenters. The molecule has 0 spiro atoms. The summed E-state index contributed by atoms with van der Waals surface area (Å²) in [6.07, 6.45) is -11.4. The van der Waals surface area contributed by atoms with Crippen LogP contribution in [-0.2, 0) is 10.8 Å². The molecule has 8 aromatic carbocycles. The first kappa shape index (κ1) is 49.6. The van der Waals surface area contributed by atoms with Gasteiger partial charge in [0.25, 0.3) is 0 Å². The zero-order valence-electron chi connectivity index (χ0n) is 38.5. The Morgan fingerprint density at radius 3 is 0.786 bits per heavy atom. The van der Waals surface area contributed by atoms with E-state index in [9.17, 15) is 26.3 Å². The molecule has 14 heteroatoms. The lowest BCUT2D eigenvalue weighted by Gasteiger charge is -2.38. The summed E-state index contributed by atoms with van der Waals surface area (Å²) in [5, 5.41) is 0. The summed E-state index contributed by atoms with van der Waals surface area (Å²) in [6.45, 7) is 8.61. The molecule has 0 bridgehead atoms. The molecule has 8 aromatic rings.